The van der Waals surface area contributed by atoms with E-state index in [1.807, 2.05) is 0 Å². The van der Waals surface area contributed by atoms with Gasteiger partial charge < -0.3 is 10.6 Å². The fourth-order valence-electron chi connectivity index (χ4n) is 3.93. The topological polar surface area (TPSA) is 59.2 Å². The van der Waals surface area contributed by atoms with Crippen molar-refractivity contribution in [2.24, 2.45) is 17.6 Å². The number of hydrogen-bond donors (Lipinski definition) is 1. The molecule has 1 aromatic heterocycles. The van der Waals surface area contributed by atoms with Crippen LogP contribution in [0.4, 0.5) is 0 Å². The molecule has 1 saturated heterocycles. The van der Waals surface area contributed by atoms with Crippen molar-refractivity contribution in [1.82, 2.24) is 9.88 Å². The third kappa shape index (κ3) is 4.63. The van der Waals surface area contributed by atoms with E-state index in [2.05, 4.69) is 17.2 Å². The monoisotopic (exact) mass is 393 g/mol. The van der Waals surface area contributed by atoms with Crippen molar-refractivity contribution in [3.8, 4) is 0 Å². The second-order valence-corrected chi connectivity index (χ2v) is 7.58. The minimum atomic E-state index is 0. The van der Waals surface area contributed by atoms with Gasteiger partial charge >= 0.3 is 0 Å². The summed E-state index contributed by atoms with van der Waals surface area (Å²) in [6.45, 7) is 4.56. The van der Waals surface area contributed by atoms with Crippen molar-refractivity contribution in [3.05, 3.63) is 16.1 Å². The molecule has 0 spiro atoms. The number of piperidine rings is 1. The normalized spacial score (nSPS) is 26.6. The van der Waals surface area contributed by atoms with E-state index in [9.17, 15) is 4.79 Å². The van der Waals surface area contributed by atoms with Crippen molar-refractivity contribution in [3.63, 3.8) is 0 Å². The van der Waals surface area contributed by atoms with Crippen LogP contribution in [-0.2, 0) is 11.2 Å². The number of halogens is 2. The minimum absolute atomic E-state index is 0. The molecule has 2 heterocycles. The molecule has 138 valence electrons. The van der Waals surface area contributed by atoms with E-state index in [0.29, 0.717) is 24.3 Å². The Morgan fingerprint density at radius 1 is 1.33 bits per heavy atom. The minimum Gasteiger partial charge on any atom is -0.342 e. The van der Waals surface area contributed by atoms with Crippen molar-refractivity contribution in [1.29, 1.82) is 0 Å². The zero-order chi connectivity index (χ0) is 15.5. The van der Waals surface area contributed by atoms with E-state index in [-0.39, 0.29) is 30.7 Å². The molecule has 2 aliphatic rings. The van der Waals surface area contributed by atoms with E-state index in [1.54, 1.807) is 11.3 Å². The van der Waals surface area contributed by atoms with Gasteiger partial charge in [-0.25, -0.2) is 4.98 Å². The van der Waals surface area contributed by atoms with Gasteiger partial charge in [0.05, 0.1) is 10.7 Å². The summed E-state index contributed by atoms with van der Waals surface area (Å²) in [6.07, 6.45) is 6.55. The first-order valence-electron chi connectivity index (χ1n) is 8.66. The zero-order valence-corrected chi connectivity index (χ0v) is 16.7. The third-order valence-electron chi connectivity index (χ3n) is 5.29. The smallest absolute Gasteiger partial charge is 0.226 e. The Kier molecular flexibility index (Phi) is 8.99. The number of carbonyl (C=O) groups excluding carboxylic acids is 1. The molecular formula is C17H29Cl2N3OS. The summed E-state index contributed by atoms with van der Waals surface area (Å²) < 4.78 is 0. The van der Waals surface area contributed by atoms with Crippen LogP contribution in [0, 0.1) is 11.8 Å². The molecule has 1 aliphatic carbocycles. The molecule has 4 nitrogen and oxygen atoms in total. The summed E-state index contributed by atoms with van der Waals surface area (Å²) in [5, 5.41) is 3.38. The number of rotatable bonds is 4. The van der Waals surface area contributed by atoms with Crippen LogP contribution in [-0.4, -0.2) is 35.4 Å². The van der Waals surface area contributed by atoms with Crippen molar-refractivity contribution >= 4 is 42.1 Å². The second-order valence-electron chi connectivity index (χ2n) is 6.69. The van der Waals surface area contributed by atoms with Gasteiger partial charge in [0, 0.05) is 30.3 Å². The second kappa shape index (κ2) is 9.95. The van der Waals surface area contributed by atoms with Gasteiger partial charge in [-0.1, -0.05) is 13.3 Å². The summed E-state index contributed by atoms with van der Waals surface area (Å²) in [4.78, 5) is 19.7. The lowest BCUT2D eigenvalue weighted by Gasteiger charge is -2.34. The maximum atomic E-state index is 12.9. The van der Waals surface area contributed by atoms with Gasteiger partial charge in [0.2, 0.25) is 5.91 Å². The Labute approximate surface area is 161 Å². The fraction of sp³-hybridized carbons (Fsp3) is 0.765. The first kappa shape index (κ1) is 21.7. The van der Waals surface area contributed by atoms with Crippen molar-refractivity contribution in [2.45, 2.75) is 51.4 Å². The van der Waals surface area contributed by atoms with Gasteiger partial charge in [0.25, 0.3) is 0 Å². The van der Waals surface area contributed by atoms with Gasteiger partial charge in [-0.2, -0.15) is 0 Å². The lowest BCUT2D eigenvalue weighted by Crippen LogP contribution is -2.44. The lowest BCUT2D eigenvalue weighted by molar-refractivity contribution is -0.137. The molecule has 2 fully saturated rings. The summed E-state index contributed by atoms with van der Waals surface area (Å²) in [7, 11) is 0. The predicted molar refractivity (Wildman–Crippen MR) is 104 cm³/mol. The molecule has 0 bridgehead atoms. The van der Waals surface area contributed by atoms with Gasteiger partial charge in [-0.3, -0.25) is 4.79 Å². The predicted octanol–water partition coefficient (Wildman–Crippen LogP) is 3.63. The van der Waals surface area contributed by atoms with Crippen LogP contribution >= 0.6 is 36.2 Å². The van der Waals surface area contributed by atoms with Crippen LogP contribution in [0.2, 0.25) is 0 Å². The van der Waals surface area contributed by atoms with Crippen LogP contribution < -0.4 is 5.73 Å². The summed E-state index contributed by atoms with van der Waals surface area (Å²) >= 11 is 1.76. The highest BCUT2D eigenvalue weighted by molar-refractivity contribution is 7.09. The molecule has 1 aliphatic heterocycles. The molecule has 1 saturated carbocycles. The number of aryl methyl sites for hydroxylation is 1. The van der Waals surface area contributed by atoms with Crippen LogP contribution in [0.3, 0.4) is 0 Å². The number of hydrogen-bond acceptors (Lipinski definition) is 4. The Hall–Kier alpha value is -0.360. The van der Waals surface area contributed by atoms with Crippen LogP contribution in [0.5, 0.6) is 0 Å². The van der Waals surface area contributed by atoms with E-state index >= 15 is 0 Å². The van der Waals surface area contributed by atoms with E-state index in [0.717, 1.165) is 51.6 Å². The molecule has 1 amide bonds. The number of likely N-dealkylation sites (tertiary alicyclic amines) is 1. The summed E-state index contributed by atoms with van der Waals surface area (Å²) in [5.74, 6) is 1.36. The van der Waals surface area contributed by atoms with Crippen molar-refractivity contribution < 1.29 is 4.79 Å². The maximum absolute atomic E-state index is 12.9. The first-order chi connectivity index (χ1) is 10.7. The molecule has 3 rings (SSSR count). The molecule has 3 atom stereocenters. The fourth-order valence-corrected chi connectivity index (χ4v) is 4.96. The third-order valence-corrected chi connectivity index (χ3v) is 6.35. The largest absolute Gasteiger partial charge is 0.342 e. The van der Waals surface area contributed by atoms with E-state index in [1.165, 1.54) is 10.7 Å². The van der Waals surface area contributed by atoms with Gasteiger partial charge in [-0.05, 0) is 44.6 Å². The molecule has 1 aromatic rings. The van der Waals surface area contributed by atoms with E-state index < -0.39 is 0 Å². The maximum Gasteiger partial charge on any atom is 0.226 e. The van der Waals surface area contributed by atoms with Gasteiger partial charge in [0.15, 0.2) is 0 Å². The lowest BCUT2D eigenvalue weighted by atomic mass is 9.92. The molecule has 7 heteroatoms. The SMILES string of the molecule is CCc1csc(C2CCCN(C(=O)[C@@H]3CCC[C@@H]3CN)C2)n1.Cl.Cl. The van der Waals surface area contributed by atoms with E-state index in [4.69, 9.17) is 10.7 Å². The number of thiazole rings is 1. The first-order valence-corrected chi connectivity index (χ1v) is 9.54. The Morgan fingerprint density at radius 3 is 2.79 bits per heavy atom. The Morgan fingerprint density at radius 2 is 2.12 bits per heavy atom. The van der Waals surface area contributed by atoms with Gasteiger partial charge in [-0.15, -0.1) is 36.2 Å². The Bertz CT molecular complexity index is 526. The molecule has 0 aromatic carbocycles. The van der Waals surface area contributed by atoms with Crippen molar-refractivity contribution in [2.75, 3.05) is 19.6 Å². The highest BCUT2D eigenvalue weighted by Gasteiger charge is 2.36. The quantitative estimate of drug-likeness (QED) is 0.849. The molecule has 24 heavy (non-hydrogen) atoms. The highest BCUT2D eigenvalue weighted by Crippen LogP contribution is 2.35. The average Bonchev–Trinajstić information content (AvgIpc) is 3.23. The number of aromatic nitrogens is 1. The Balaban J connectivity index is 0.00000144. The number of nitrogens with zero attached hydrogens (tertiary/aromatic N) is 2. The van der Waals surface area contributed by atoms with Crippen LogP contribution in [0.15, 0.2) is 5.38 Å². The number of nitrogens with two attached hydrogens (primary N) is 1. The standard InChI is InChI=1S/C17H27N3OS.2ClH/c1-2-14-11-22-16(19-14)13-6-4-8-20(10-13)17(21)15-7-3-5-12(15)9-18;;/h11-13,15H,2-10,18H2,1H3;2*1H/t12-,13?,15-;;/m1../s1. The van der Waals surface area contributed by atoms with Crippen LogP contribution in [0.1, 0.15) is 55.6 Å². The summed E-state index contributed by atoms with van der Waals surface area (Å²) in [6, 6.07) is 0. The summed E-state index contributed by atoms with van der Waals surface area (Å²) in [5.41, 5.74) is 7.03. The van der Waals surface area contributed by atoms with Crippen LogP contribution in [0.25, 0.3) is 0 Å². The van der Waals surface area contributed by atoms with Gasteiger partial charge in [0.1, 0.15) is 0 Å². The molecule has 1 unspecified atom stereocenters. The zero-order valence-electron chi connectivity index (χ0n) is 14.3. The average molecular weight is 394 g/mol. The molecular weight excluding hydrogens is 365 g/mol. The molecule has 2 N–H and O–H groups in total. The highest BCUT2D eigenvalue weighted by atomic mass is 35.5. The number of amides is 1. The molecule has 0 radical (unpaired) electrons. The number of carbonyl (C=O) groups is 1.